The Labute approximate surface area is 160 Å². The lowest BCUT2D eigenvalue weighted by molar-refractivity contribution is -0.130. The Morgan fingerprint density at radius 1 is 1.30 bits per heavy atom. The van der Waals surface area contributed by atoms with E-state index in [1.54, 1.807) is 25.1 Å². The van der Waals surface area contributed by atoms with Crippen molar-refractivity contribution < 1.29 is 23.5 Å². The maximum absolute atomic E-state index is 12.5. The second-order valence-corrected chi connectivity index (χ2v) is 7.07. The number of halogens is 1. The molecule has 0 bridgehead atoms. The quantitative estimate of drug-likeness (QED) is 0.856. The van der Waals surface area contributed by atoms with E-state index < -0.39 is 6.10 Å². The minimum atomic E-state index is -0.859. The van der Waals surface area contributed by atoms with E-state index in [1.807, 2.05) is 0 Å². The van der Waals surface area contributed by atoms with E-state index in [0.29, 0.717) is 47.6 Å². The molecule has 0 spiro atoms. The van der Waals surface area contributed by atoms with Gasteiger partial charge in [-0.3, -0.25) is 9.59 Å². The first-order valence-electron chi connectivity index (χ1n) is 8.71. The number of Topliss-reactive ketones (excluding diaryl/α,β-unsaturated/α-hetero) is 1. The molecule has 0 radical (unpaired) electrons. The van der Waals surface area contributed by atoms with Crippen molar-refractivity contribution in [3.05, 3.63) is 40.6 Å². The second-order valence-electron chi connectivity index (χ2n) is 6.64. The van der Waals surface area contributed by atoms with Crippen molar-refractivity contribution in [2.75, 3.05) is 6.61 Å². The molecular formula is C18H18ClN3O5. The van der Waals surface area contributed by atoms with Crippen LogP contribution in [0.2, 0.25) is 5.02 Å². The number of carbonyl (C=O) groups is 2. The Balaban J connectivity index is 1.34. The molecule has 9 heteroatoms. The molecule has 1 unspecified atom stereocenters. The average molecular weight is 392 g/mol. The number of benzene rings is 1. The van der Waals surface area contributed by atoms with Crippen LogP contribution in [0.5, 0.6) is 5.75 Å². The van der Waals surface area contributed by atoms with Crippen molar-refractivity contribution in [1.29, 1.82) is 0 Å². The standard InChI is InChI=1S/C18H18ClN3O5/c1-9-21-22-18(26-9)15-5-3-11(8-25-15)20-17(24)16-7-13(23)12-6-10(19)2-4-14(12)27-16/h2,4,6,11,15-16H,3,5,7-8H2,1H3,(H,20,24)/t11-,15?,16-/m1/s1. The Morgan fingerprint density at radius 2 is 2.15 bits per heavy atom. The Bertz CT molecular complexity index is 876. The van der Waals surface area contributed by atoms with Gasteiger partial charge in [0.15, 0.2) is 11.9 Å². The summed E-state index contributed by atoms with van der Waals surface area (Å²) < 4.78 is 16.8. The molecule has 1 amide bonds. The first-order valence-corrected chi connectivity index (χ1v) is 9.09. The van der Waals surface area contributed by atoms with Gasteiger partial charge >= 0.3 is 0 Å². The van der Waals surface area contributed by atoms with Gasteiger partial charge in [0, 0.05) is 11.9 Å². The van der Waals surface area contributed by atoms with Crippen LogP contribution in [0.4, 0.5) is 0 Å². The van der Waals surface area contributed by atoms with Crippen molar-refractivity contribution in [3.63, 3.8) is 0 Å². The zero-order valence-corrected chi connectivity index (χ0v) is 15.4. The number of hydrogen-bond acceptors (Lipinski definition) is 7. The van der Waals surface area contributed by atoms with Gasteiger partial charge in [-0.25, -0.2) is 0 Å². The van der Waals surface area contributed by atoms with Gasteiger partial charge < -0.3 is 19.2 Å². The van der Waals surface area contributed by atoms with Gasteiger partial charge in [-0.15, -0.1) is 10.2 Å². The highest BCUT2D eigenvalue weighted by atomic mass is 35.5. The number of ketones is 1. The summed E-state index contributed by atoms with van der Waals surface area (Å²) in [5, 5.41) is 11.1. The van der Waals surface area contributed by atoms with Crippen molar-refractivity contribution in [2.24, 2.45) is 0 Å². The third-order valence-electron chi connectivity index (χ3n) is 4.61. The van der Waals surface area contributed by atoms with Crippen LogP contribution < -0.4 is 10.1 Å². The van der Waals surface area contributed by atoms with Crippen molar-refractivity contribution in [2.45, 2.75) is 44.4 Å². The lowest BCUT2D eigenvalue weighted by Gasteiger charge is -2.30. The van der Waals surface area contributed by atoms with Crippen LogP contribution in [0.15, 0.2) is 22.6 Å². The second kappa shape index (κ2) is 7.28. The number of rotatable bonds is 3. The number of fused-ring (bicyclic) bond motifs is 1. The zero-order chi connectivity index (χ0) is 19.0. The molecule has 0 saturated carbocycles. The fourth-order valence-corrected chi connectivity index (χ4v) is 3.41. The largest absolute Gasteiger partial charge is 0.479 e. The Morgan fingerprint density at radius 3 is 2.85 bits per heavy atom. The molecule has 4 rings (SSSR count). The van der Waals surface area contributed by atoms with Crippen molar-refractivity contribution >= 4 is 23.3 Å². The zero-order valence-electron chi connectivity index (χ0n) is 14.6. The third-order valence-corrected chi connectivity index (χ3v) is 4.85. The Kier molecular flexibility index (Phi) is 4.84. The van der Waals surface area contributed by atoms with Crippen LogP contribution in [-0.4, -0.2) is 40.6 Å². The van der Waals surface area contributed by atoms with Crippen LogP contribution >= 0.6 is 11.6 Å². The highest BCUT2D eigenvalue weighted by Gasteiger charge is 2.34. The van der Waals surface area contributed by atoms with Gasteiger partial charge in [-0.1, -0.05) is 11.6 Å². The lowest BCUT2D eigenvalue weighted by Crippen LogP contribution is -2.48. The van der Waals surface area contributed by atoms with Gasteiger partial charge in [0.2, 0.25) is 11.8 Å². The first kappa shape index (κ1) is 17.9. The number of aryl methyl sites for hydroxylation is 1. The molecule has 1 aromatic carbocycles. The SMILES string of the molecule is Cc1nnc(C2CC[C@@H](NC(=O)[C@H]3CC(=O)c4cc(Cl)ccc4O3)CO2)o1. The molecule has 0 aliphatic carbocycles. The van der Waals surface area contributed by atoms with Crippen LogP contribution in [-0.2, 0) is 9.53 Å². The molecule has 1 N–H and O–H groups in total. The molecule has 27 heavy (non-hydrogen) atoms. The number of carbonyl (C=O) groups excluding carboxylic acids is 2. The van der Waals surface area contributed by atoms with Crippen LogP contribution in [0.1, 0.15) is 47.5 Å². The number of nitrogens with zero attached hydrogens (tertiary/aromatic N) is 2. The van der Waals surface area contributed by atoms with E-state index in [0.717, 1.165) is 0 Å². The first-order chi connectivity index (χ1) is 13.0. The van der Waals surface area contributed by atoms with Crippen LogP contribution in [0.25, 0.3) is 0 Å². The van der Waals surface area contributed by atoms with Gasteiger partial charge in [0.05, 0.1) is 24.6 Å². The summed E-state index contributed by atoms with van der Waals surface area (Å²) in [6.07, 6.45) is 0.214. The molecule has 8 nitrogen and oxygen atoms in total. The summed E-state index contributed by atoms with van der Waals surface area (Å²) in [6.45, 7) is 2.05. The van der Waals surface area contributed by atoms with E-state index >= 15 is 0 Å². The van der Waals surface area contributed by atoms with Gasteiger partial charge in [-0.2, -0.15) is 0 Å². The van der Waals surface area contributed by atoms with Gasteiger partial charge in [0.25, 0.3) is 5.91 Å². The molecular weight excluding hydrogens is 374 g/mol. The molecule has 142 valence electrons. The van der Waals surface area contributed by atoms with Gasteiger partial charge in [-0.05, 0) is 31.0 Å². The molecule has 3 atom stereocenters. The van der Waals surface area contributed by atoms with Crippen molar-refractivity contribution in [1.82, 2.24) is 15.5 Å². The highest BCUT2D eigenvalue weighted by molar-refractivity contribution is 6.31. The summed E-state index contributed by atoms with van der Waals surface area (Å²) in [5.41, 5.74) is 0.408. The fraction of sp³-hybridized carbons (Fsp3) is 0.444. The fourth-order valence-electron chi connectivity index (χ4n) is 3.24. The summed E-state index contributed by atoms with van der Waals surface area (Å²) in [4.78, 5) is 24.8. The highest BCUT2D eigenvalue weighted by Crippen LogP contribution is 2.31. The van der Waals surface area contributed by atoms with E-state index in [9.17, 15) is 9.59 Å². The molecule has 1 aromatic heterocycles. The normalized spacial score (nSPS) is 24.8. The molecule has 2 aliphatic heterocycles. The molecule has 3 heterocycles. The predicted molar refractivity (Wildman–Crippen MR) is 93.7 cm³/mol. The predicted octanol–water partition coefficient (Wildman–Crippen LogP) is 2.40. The molecule has 1 fully saturated rings. The Hall–Kier alpha value is -2.45. The lowest BCUT2D eigenvalue weighted by atomic mass is 9.99. The maximum atomic E-state index is 12.5. The van der Waals surface area contributed by atoms with E-state index in [2.05, 4.69) is 15.5 Å². The molecule has 2 aliphatic rings. The van der Waals surface area contributed by atoms with Crippen LogP contribution in [0, 0.1) is 6.92 Å². The van der Waals surface area contributed by atoms with E-state index in [4.69, 9.17) is 25.5 Å². The van der Waals surface area contributed by atoms with Gasteiger partial charge in [0.1, 0.15) is 11.9 Å². The van der Waals surface area contributed by atoms with E-state index in [1.165, 1.54) is 0 Å². The smallest absolute Gasteiger partial charge is 0.261 e. The number of aromatic nitrogens is 2. The number of nitrogens with one attached hydrogen (secondary N) is 1. The summed E-state index contributed by atoms with van der Waals surface area (Å²) in [5.74, 6) is 0.830. The monoisotopic (exact) mass is 391 g/mol. The molecule has 1 saturated heterocycles. The number of hydrogen-bond donors (Lipinski definition) is 1. The van der Waals surface area contributed by atoms with E-state index in [-0.39, 0.29) is 30.3 Å². The maximum Gasteiger partial charge on any atom is 0.261 e. The average Bonchev–Trinajstić information content (AvgIpc) is 3.09. The third kappa shape index (κ3) is 3.81. The molecule has 2 aromatic rings. The van der Waals surface area contributed by atoms with Crippen LogP contribution in [0.3, 0.4) is 0 Å². The van der Waals surface area contributed by atoms with Crippen molar-refractivity contribution in [3.8, 4) is 5.75 Å². The number of amides is 1. The summed E-state index contributed by atoms with van der Waals surface area (Å²) >= 11 is 5.91. The minimum Gasteiger partial charge on any atom is -0.479 e. The summed E-state index contributed by atoms with van der Waals surface area (Å²) in [7, 11) is 0. The minimum absolute atomic E-state index is 0.0172. The summed E-state index contributed by atoms with van der Waals surface area (Å²) in [6, 6.07) is 4.63. The topological polar surface area (TPSA) is 104 Å². The number of ether oxygens (including phenoxy) is 2.